The van der Waals surface area contributed by atoms with E-state index in [1.54, 1.807) is 0 Å². The van der Waals surface area contributed by atoms with Crippen molar-refractivity contribution in [3.8, 4) is 0 Å². The second-order valence-electron chi connectivity index (χ2n) is 16.3. The Morgan fingerprint density at radius 2 is 0.667 bits per heavy atom. The molecule has 6 heteroatoms. The zero-order valence-corrected chi connectivity index (χ0v) is 40.5. The standard InChI is InChI=1S/C57H92O6/c1-4-7-10-13-16-19-22-24-26-27-28-29-31-32-35-38-41-44-47-50-56(59)62-53-54(52-61-55(58)49-46-43-40-37-34-21-18-15-12-9-6-3)63-57(60)51-48-45-42-39-36-33-30-25-23-20-17-14-11-8-5-2/h8,11,15-20,24-26,28-30,32,35,41,44,54H,4-7,9-10,12-14,21-23,27,31,33-34,36-40,42-43,45-53H2,1-3H3/b11-8-,18-15-,19-16-,20-17-,26-24-,29-28-,30-25-,35-32-,44-41-/t54-/m0/s1. The molecule has 0 heterocycles. The van der Waals surface area contributed by atoms with Gasteiger partial charge in [0, 0.05) is 19.3 Å². The summed E-state index contributed by atoms with van der Waals surface area (Å²) in [5, 5.41) is 0. The van der Waals surface area contributed by atoms with Gasteiger partial charge in [-0.15, -0.1) is 0 Å². The van der Waals surface area contributed by atoms with Crippen molar-refractivity contribution in [2.24, 2.45) is 0 Å². The van der Waals surface area contributed by atoms with E-state index in [0.717, 1.165) is 116 Å². The number of hydrogen-bond donors (Lipinski definition) is 0. The van der Waals surface area contributed by atoms with Gasteiger partial charge in [0.1, 0.15) is 13.2 Å². The van der Waals surface area contributed by atoms with Crippen LogP contribution in [0.25, 0.3) is 0 Å². The van der Waals surface area contributed by atoms with Crippen LogP contribution in [0.1, 0.15) is 213 Å². The molecule has 1 atom stereocenters. The molecule has 6 nitrogen and oxygen atoms in total. The van der Waals surface area contributed by atoms with Crippen molar-refractivity contribution >= 4 is 17.9 Å². The van der Waals surface area contributed by atoms with Gasteiger partial charge in [-0.25, -0.2) is 0 Å². The van der Waals surface area contributed by atoms with Crippen LogP contribution in [-0.4, -0.2) is 37.2 Å². The zero-order chi connectivity index (χ0) is 45.8. The average Bonchev–Trinajstić information content (AvgIpc) is 3.28. The molecule has 0 aromatic heterocycles. The van der Waals surface area contributed by atoms with Gasteiger partial charge in [0.15, 0.2) is 6.10 Å². The fourth-order valence-electron chi connectivity index (χ4n) is 6.42. The third kappa shape index (κ3) is 49.0. The van der Waals surface area contributed by atoms with Gasteiger partial charge in [-0.3, -0.25) is 14.4 Å². The smallest absolute Gasteiger partial charge is 0.306 e. The Balaban J connectivity index is 4.53. The van der Waals surface area contributed by atoms with Crippen LogP contribution in [0.4, 0.5) is 0 Å². The minimum atomic E-state index is -0.821. The lowest BCUT2D eigenvalue weighted by molar-refractivity contribution is -0.166. The van der Waals surface area contributed by atoms with Crippen molar-refractivity contribution in [3.05, 3.63) is 109 Å². The first kappa shape index (κ1) is 59.1. The summed E-state index contributed by atoms with van der Waals surface area (Å²) in [4.78, 5) is 37.9. The molecule has 0 unspecified atom stereocenters. The Morgan fingerprint density at radius 3 is 1.13 bits per heavy atom. The second kappa shape index (κ2) is 50.7. The van der Waals surface area contributed by atoms with Crippen molar-refractivity contribution in [2.45, 2.75) is 219 Å². The van der Waals surface area contributed by atoms with Gasteiger partial charge in [-0.05, 0) is 109 Å². The number of ether oxygens (including phenoxy) is 3. The number of allylic oxidation sites excluding steroid dienone is 18. The first-order valence-corrected chi connectivity index (χ1v) is 25.4. The van der Waals surface area contributed by atoms with Crippen LogP contribution in [0.5, 0.6) is 0 Å². The molecule has 0 N–H and O–H groups in total. The Hall–Kier alpha value is -3.93. The minimum absolute atomic E-state index is 0.115. The highest BCUT2D eigenvalue weighted by Crippen LogP contribution is 2.12. The third-order valence-corrected chi connectivity index (χ3v) is 10.2. The summed E-state index contributed by atoms with van der Waals surface area (Å²) < 4.78 is 16.7. The highest BCUT2D eigenvalue weighted by atomic mass is 16.6. The topological polar surface area (TPSA) is 78.9 Å². The number of carbonyl (C=O) groups excluding carboxylic acids is 3. The summed E-state index contributed by atoms with van der Waals surface area (Å²) >= 11 is 0. The van der Waals surface area contributed by atoms with Crippen LogP contribution in [0.3, 0.4) is 0 Å². The molecule has 0 aliphatic carbocycles. The number of esters is 3. The maximum absolute atomic E-state index is 12.8. The monoisotopic (exact) mass is 873 g/mol. The van der Waals surface area contributed by atoms with Gasteiger partial charge in [-0.1, -0.05) is 194 Å². The summed E-state index contributed by atoms with van der Waals surface area (Å²) in [6.07, 6.45) is 68.0. The summed E-state index contributed by atoms with van der Waals surface area (Å²) in [5.41, 5.74) is 0. The molecular weight excluding hydrogens is 781 g/mol. The van der Waals surface area contributed by atoms with Crippen molar-refractivity contribution in [1.29, 1.82) is 0 Å². The van der Waals surface area contributed by atoms with Crippen LogP contribution < -0.4 is 0 Å². The predicted molar refractivity (Wildman–Crippen MR) is 270 cm³/mol. The number of unbranched alkanes of at least 4 members (excludes halogenated alkanes) is 15. The van der Waals surface area contributed by atoms with Crippen LogP contribution >= 0.6 is 0 Å². The van der Waals surface area contributed by atoms with E-state index in [1.807, 2.05) is 12.2 Å². The molecule has 0 aliphatic rings. The van der Waals surface area contributed by atoms with Crippen molar-refractivity contribution in [2.75, 3.05) is 13.2 Å². The first-order chi connectivity index (χ1) is 31.0. The molecule has 0 radical (unpaired) electrons. The van der Waals surface area contributed by atoms with E-state index in [4.69, 9.17) is 14.2 Å². The van der Waals surface area contributed by atoms with E-state index in [9.17, 15) is 14.4 Å². The van der Waals surface area contributed by atoms with E-state index < -0.39 is 6.10 Å². The molecule has 0 saturated heterocycles. The molecule has 0 aromatic carbocycles. The van der Waals surface area contributed by atoms with Crippen molar-refractivity contribution in [1.82, 2.24) is 0 Å². The molecule has 0 fully saturated rings. The van der Waals surface area contributed by atoms with Crippen molar-refractivity contribution in [3.63, 3.8) is 0 Å². The Labute approximate surface area is 387 Å². The average molecular weight is 873 g/mol. The van der Waals surface area contributed by atoms with Gasteiger partial charge in [-0.2, -0.15) is 0 Å². The van der Waals surface area contributed by atoms with Crippen LogP contribution in [0, 0.1) is 0 Å². The second-order valence-corrected chi connectivity index (χ2v) is 16.3. The molecule has 0 aromatic rings. The lowest BCUT2D eigenvalue weighted by Gasteiger charge is -2.18. The molecule has 0 bridgehead atoms. The van der Waals surface area contributed by atoms with Gasteiger partial charge in [0.05, 0.1) is 0 Å². The van der Waals surface area contributed by atoms with Crippen LogP contribution in [0.15, 0.2) is 109 Å². The Bertz CT molecular complexity index is 1330. The molecule has 63 heavy (non-hydrogen) atoms. The molecule has 0 saturated carbocycles. The largest absolute Gasteiger partial charge is 0.462 e. The summed E-state index contributed by atoms with van der Waals surface area (Å²) in [5.74, 6) is -1.03. The summed E-state index contributed by atoms with van der Waals surface area (Å²) in [7, 11) is 0. The first-order valence-electron chi connectivity index (χ1n) is 25.4. The summed E-state index contributed by atoms with van der Waals surface area (Å²) in [6, 6.07) is 0. The van der Waals surface area contributed by atoms with Crippen molar-refractivity contribution < 1.29 is 28.6 Å². The number of carbonyl (C=O) groups is 3. The van der Waals surface area contributed by atoms with E-state index >= 15 is 0 Å². The van der Waals surface area contributed by atoms with E-state index in [2.05, 4.69) is 118 Å². The molecular formula is C57H92O6. The van der Waals surface area contributed by atoms with Crippen LogP contribution in [0.2, 0.25) is 0 Å². The van der Waals surface area contributed by atoms with E-state index in [-0.39, 0.29) is 44.0 Å². The van der Waals surface area contributed by atoms with Gasteiger partial charge in [0.2, 0.25) is 0 Å². The number of hydrogen-bond acceptors (Lipinski definition) is 6. The predicted octanol–water partition coefficient (Wildman–Crippen LogP) is 16.8. The fraction of sp³-hybridized carbons (Fsp3) is 0.632. The molecule has 0 aliphatic heterocycles. The lowest BCUT2D eigenvalue weighted by Crippen LogP contribution is -2.30. The molecule has 0 amide bonds. The Kier molecular flexibility index (Phi) is 47.5. The molecule has 356 valence electrons. The highest BCUT2D eigenvalue weighted by molar-refractivity contribution is 5.71. The Morgan fingerprint density at radius 1 is 0.333 bits per heavy atom. The maximum atomic E-state index is 12.8. The fourth-order valence-corrected chi connectivity index (χ4v) is 6.42. The molecule has 0 rings (SSSR count). The third-order valence-electron chi connectivity index (χ3n) is 10.2. The lowest BCUT2D eigenvalue weighted by atomic mass is 10.1. The van der Waals surface area contributed by atoms with Crippen LogP contribution in [-0.2, 0) is 28.6 Å². The van der Waals surface area contributed by atoms with Gasteiger partial charge >= 0.3 is 17.9 Å². The maximum Gasteiger partial charge on any atom is 0.306 e. The van der Waals surface area contributed by atoms with E-state index in [0.29, 0.717) is 12.8 Å². The molecule has 0 spiro atoms. The quantitative estimate of drug-likeness (QED) is 0.0263. The normalized spacial score (nSPS) is 13.0. The van der Waals surface area contributed by atoms with E-state index in [1.165, 1.54) is 51.4 Å². The van der Waals surface area contributed by atoms with Gasteiger partial charge < -0.3 is 14.2 Å². The summed E-state index contributed by atoms with van der Waals surface area (Å²) in [6.45, 7) is 6.35. The van der Waals surface area contributed by atoms with Gasteiger partial charge in [0.25, 0.3) is 0 Å². The zero-order valence-electron chi connectivity index (χ0n) is 40.5. The highest BCUT2D eigenvalue weighted by Gasteiger charge is 2.19. The minimum Gasteiger partial charge on any atom is -0.462 e. The SMILES string of the molecule is CC/C=C\C/C=C\C/C=C\CCCCCCCC(=O)O[C@H](COC(=O)CC/C=C\C/C=C\C/C=C\C/C=C\C/C=C\CCCCC)COC(=O)CCCCCCC/C=C\CCCC. The number of rotatable bonds is 44.